The largest absolute Gasteiger partial charge is 0.504 e. The predicted octanol–water partition coefficient (Wildman–Crippen LogP) is 5.13. The van der Waals surface area contributed by atoms with E-state index in [0.29, 0.717) is 5.75 Å². The zero-order chi connectivity index (χ0) is 22.1. The molecule has 1 unspecified atom stereocenters. The number of phenolic OH excluding ortho intramolecular Hbond substituents is 1. The molecule has 3 rings (SSSR count). The number of nitrogens with one attached hydrogen (secondary N) is 1. The first-order valence-electron chi connectivity index (χ1n) is 10.9. The molecule has 0 bridgehead atoms. The second-order valence-electron chi connectivity index (χ2n) is 7.45. The molecule has 3 aromatic rings. The summed E-state index contributed by atoms with van der Waals surface area (Å²) in [7, 11) is 1.53. The normalized spacial score (nSPS) is 12.0. The van der Waals surface area contributed by atoms with Crippen LogP contribution in [0.1, 0.15) is 38.3 Å². The number of hydrogen-bond acceptors (Lipinski definition) is 6. The van der Waals surface area contributed by atoms with Gasteiger partial charge in [-0.15, -0.1) is 0 Å². The number of aromatic nitrogens is 2. The summed E-state index contributed by atoms with van der Waals surface area (Å²) < 4.78 is 5.22. The van der Waals surface area contributed by atoms with Gasteiger partial charge in [0.15, 0.2) is 11.5 Å². The Bertz CT molecular complexity index is 945. The molecule has 1 heterocycles. The molecule has 164 valence electrons. The van der Waals surface area contributed by atoms with Gasteiger partial charge in [-0.2, -0.15) is 0 Å². The first kappa shape index (κ1) is 22.6. The van der Waals surface area contributed by atoms with Gasteiger partial charge in [0.25, 0.3) is 0 Å². The van der Waals surface area contributed by atoms with Crippen molar-refractivity contribution in [1.82, 2.24) is 14.9 Å². The molecular formula is C25H32N4O2. The topological polar surface area (TPSA) is 70.5 Å². The molecule has 0 aliphatic heterocycles. The maximum Gasteiger partial charge on any atom is 0.161 e. The van der Waals surface area contributed by atoms with E-state index in [1.165, 1.54) is 12.7 Å². The molecule has 6 heteroatoms. The zero-order valence-corrected chi connectivity index (χ0v) is 18.6. The summed E-state index contributed by atoms with van der Waals surface area (Å²) in [5.74, 6) is 1.24. The molecule has 0 aliphatic carbocycles. The fraction of sp³-hybridized carbons (Fsp3) is 0.360. The van der Waals surface area contributed by atoms with Crippen LogP contribution in [0.25, 0.3) is 11.3 Å². The van der Waals surface area contributed by atoms with Crippen molar-refractivity contribution in [1.29, 1.82) is 0 Å². The van der Waals surface area contributed by atoms with E-state index in [2.05, 4.69) is 53.3 Å². The summed E-state index contributed by atoms with van der Waals surface area (Å²) in [6.45, 7) is 7.63. The molecule has 0 saturated carbocycles. The van der Waals surface area contributed by atoms with Crippen LogP contribution in [0.3, 0.4) is 0 Å². The number of anilines is 1. The number of methoxy groups -OCH3 is 1. The van der Waals surface area contributed by atoms with Crippen LogP contribution < -0.4 is 10.1 Å². The van der Waals surface area contributed by atoms with Crippen molar-refractivity contribution in [2.45, 2.75) is 32.7 Å². The molecule has 1 aromatic heterocycles. The Hall–Kier alpha value is -3.12. The molecule has 0 radical (unpaired) electrons. The van der Waals surface area contributed by atoms with E-state index in [4.69, 9.17) is 9.72 Å². The smallest absolute Gasteiger partial charge is 0.161 e. The van der Waals surface area contributed by atoms with E-state index in [-0.39, 0.29) is 11.8 Å². The Balaban J connectivity index is 1.78. The van der Waals surface area contributed by atoms with Crippen LogP contribution in [-0.2, 0) is 0 Å². The Morgan fingerprint density at radius 1 is 1.06 bits per heavy atom. The SMILES string of the molecule is CCN(CC)CCCC(Nc1cncc(-c2ccc(O)c(OC)c2)n1)c1ccccc1. The molecule has 0 amide bonds. The molecule has 31 heavy (non-hydrogen) atoms. The summed E-state index contributed by atoms with van der Waals surface area (Å²) in [5, 5.41) is 13.4. The number of nitrogens with zero attached hydrogens (tertiary/aromatic N) is 3. The zero-order valence-electron chi connectivity index (χ0n) is 18.6. The van der Waals surface area contributed by atoms with Crippen LogP contribution in [0.15, 0.2) is 60.9 Å². The second kappa shape index (κ2) is 11.3. The lowest BCUT2D eigenvalue weighted by molar-refractivity contribution is 0.294. The highest BCUT2D eigenvalue weighted by Gasteiger charge is 2.14. The van der Waals surface area contributed by atoms with Crippen LogP contribution in [-0.4, -0.2) is 46.7 Å². The number of aromatic hydroxyl groups is 1. The van der Waals surface area contributed by atoms with Crippen molar-refractivity contribution in [3.8, 4) is 22.8 Å². The highest BCUT2D eigenvalue weighted by atomic mass is 16.5. The van der Waals surface area contributed by atoms with Crippen molar-refractivity contribution < 1.29 is 9.84 Å². The Labute approximate surface area is 184 Å². The van der Waals surface area contributed by atoms with Gasteiger partial charge in [0.1, 0.15) is 5.82 Å². The first-order valence-corrected chi connectivity index (χ1v) is 10.9. The number of phenols is 1. The average Bonchev–Trinajstić information content (AvgIpc) is 2.82. The minimum Gasteiger partial charge on any atom is -0.504 e. The van der Waals surface area contributed by atoms with Gasteiger partial charge >= 0.3 is 0 Å². The van der Waals surface area contributed by atoms with Gasteiger partial charge in [-0.05, 0) is 56.2 Å². The molecule has 0 spiro atoms. The van der Waals surface area contributed by atoms with Gasteiger partial charge in [0.05, 0.1) is 31.2 Å². The minimum absolute atomic E-state index is 0.103. The van der Waals surface area contributed by atoms with E-state index in [1.807, 2.05) is 12.1 Å². The lowest BCUT2D eigenvalue weighted by Gasteiger charge is -2.23. The van der Waals surface area contributed by atoms with E-state index in [1.54, 1.807) is 24.5 Å². The number of ether oxygens (including phenoxy) is 1. The number of rotatable bonds is 11. The quantitative estimate of drug-likeness (QED) is 0.448. The van der Waals surface area contributed by atoms with Gasteiger partial charge in [0, 0.05) is 5.56 Å². The highest BCUT2D eigenvalue weighted by molar-refractivity contribution is 5.64. The molecule has 2 aromatic carbocycles. The summed E-state index contributed by atoms with van der Waals surface area (Å²) in [5.41, 5.74) is 2.79. The molecule has 1 atom stereocenters. The van der Waals surface area contributed by atoms with Crippen LogP contribution in [0, 0.1) is 0 Å². The van der Waals surface area contributed by atoms with Gasteiger partial charge in [-0.1, -0.05) is 44.2 Å². The van der Waals surface area contributed by atoms with E-state index < -0.39 is 0 Å². The van der Waals surface area contributed by atoms with Gasteiger partial charge < -0.3 is 20.1 Å². The van der Waals surface area contributed by atoms with E-state index >= 15 is 0 Å². The minimum atomic E-state index is 0.103. The standard InChI is InChI=1S/C25H32N4O2/c1-4-29(5-2)15-9-12-21(19-10-7-6-8-11-19)27-25-18-26-17-22(28-25)20-13-14-23(30)24(16-20)31-3/h6-8,10-11,13-14,16-18,21,30H,4-5,9,12,15H2,1-3H3,(H,27,28). The summed E-state index contributed by atoms with van der Waals surface area (Å²) in [6, 6.07) is 15.8. The third kappa shape index (κ3) is 6.18. The monoisotopic (exact) mass is 420 g/mol. The Morgan fingerprint density at radius 2 is 1.84 bits per heavy atom. The fourth-order valence-corrected chi connectivity index (χ4v) is 3.66. The van der Waals surface area contributed by atoms with E-state index in [0.717, 1.165) is 49.6 Å². The van der Waals surface area contributed by atoms with Crippen LogP contribution in [0.2, 0.25) is 0 Å². The van der Waals surface area contributed by atoms with Gasteiger partial charge in [-0.25, -0.2) is 4.98 Å². The third-order valence-electron chi connectivity index (χ3n) is 5.50. The van der Waals surface area contributed by atoms with Gasteiger partial charge in [-0.3, -0.25) is 4.98 Å². The van der Waals surface area contributed by atoms with Crippen molar-refractivity contribution in [2.75, 3.05) is 32.1 Å². The van der Waals surface area contributed by atoms with Crippen molar-refractivity contribution in [2.24, 2.45) is 0 Å². The molecule has 2 N–H and O–H groups in total. The summed E-state index contributed by atoms with van der Waals surface area (Å²) >= 11 is 0. The van der Waals surface area contributed by atoms with E-state index in [9.17, 15) is 5.11 Å². The number of hydrogen-bond donors (Lipinski definition) is 2. The first-order chi connectivity index (χ1) is 15.1. The Kier molecular flexibility index (Phi) is 8.24. The third-order valence-corrected chi connectivity index (χ3v) is 5.50. The number of benzene rings is 2. The maximum atomic E-state index is 9.86. The average molecular weight is 421 g/mol. The molecule has 6 nitrogen and oxygen atoms in total. The molecule has 0 aliphatic rings. The van der Waals surface area contributed by atoms with Crippen molar-refractivity contribution in [3.63, 3.8) is 0 Å². The van der Waals surface area contributed by atoms with Crippen molar-refractivity contribution >= 4 is 5.82 Å². The lowest BCUT2D eigenvalue weighted by atomic mass is 10.0. The Morgan fingerprint density at radius 3 is 2.55 bits per heavy atom. The van der Waals surface area contributed by atoms with Crippen LogP contribution in [0.4, 0.5) is 5.82 Å². The lowest BCUT2D eigenvalue weighted by Crippen LogP contribution is -2.25. The van der Waals surface area contributed by atoms with Crippen LogP contribution in [0.5, 0.6) is 11.5 Å². The molecular weight excluding hydrogens is 388 g/mol. The molecule has 0 saturated heterocycles. The van der Waals surface area contributed by atoms with Crippen LogP contribution >= 0.6 is 0 Å². The van der Waals surface area contributed by atoms with Gasteiger partial charge in [0.2, 0.25) is 0 Å². The fourth-order valence-electron chi connectivity index (χ4n) is 3.66. The summed E-state index contributed by atoms with van der Waals surface area (Å²) in [6.07, 6.45) is 5.56. The highest BCUT2D eigenvalue weighted by Crippen LogP contribution is 2.31. The maximum absolute atomic E-state index is 9.86. The second-order valence-corrected chi connectivity index (χ2v) is 7.45. The molecule has 0 fully saturated rings. The predicted molar refractivity (Wildman–Crippen MR) is 126 cm³/mol. The summed E-state index contributed by atoms with van der Waals surface area (Å²) in [4.78, 5) is 11.6. The van der Waals surface area contributed by atoms with Crippen molar-refractivity contribution in [3.05, 3.63) is 66.5 Å².